The fourth-order valence-corrected chi connectivity index (χ4v) is 3.39. The van der Waals surface area contributed by atoms with Gasteiger partial charge >= 0.3 is 0 Å². The van der Waals surface area contributed by atoms with E-state index in [-0.39, 0.29) is 11.3 Å². The van der Waals surface area contributed by atoms with Crippen LogP contribution in [-0.2, 0) is 5.41 Å². The minimum atomic E-state index is -0.0890. The second-order valence-electron chi connectivity index (χ2n) is 7.22. The predicted molar refractivity (Wildman–Crippen MR) is 110 cm³/mol. The first-order valence-corrected chi connectivity index (χ1v) is 9.48. The number of hydrogen-bond acceptors (Lipinski definition) is 2. The molecule has 3 rings (SSSR count). The predicted octanol–water partition coefficient (Wildman–Crippen LogP) is 6.39. The van der Waals surface area contributed by atoms with Gasteiger partial charge in [-0.15, -0.1) is 0 Å². The highest BCUT2D eigenvalue weighted by molar-refractivity contribution is 7.99. The molecule has 0 saturated carbocycles. The molecule has 0 bridgehead atoms. The van der Waals surface area contributed by atoms with Gasteiger partial charge in [-0.05, 0) is 59.5 Å². The van der Waals surface area contributed by atoms with E-state index >= 15 is 0 Å². The summed E-state index contributed by atoms with van der Waals surface area (Å²) in [6.07, 6.45) is 0. The Labute approximate surface area is 159 Å². The Balaban J connectivity index is 1.64. The number of hydrogen-bond donors (Lipinski definition) is 1. The lowest BCUT2D eigenvalue weighted by atomic mass is 9.87. The molecule has 26 heavy (non-hydrogen) atoms. The lowest BCUT2D eigenvalue weighted by Crippen LogP contribution is -2.14. The largest absolute Gasteiger partial charge is 0.322 e. The van der Waals surface area contributed by atoms with Crippen molar-refractivity contribution >= 4 is 23.4 Å². The molecule has 1 amide bonds. The Hall–Kier alpha value is -2.52. The normalized spacial score (nSPS) is 11.2. The summed E-state index contributed by atoms with van der Waals surface area (Å²) in [5.41, 5.74) is 2.77. The van der Waals surface area contributed by atoms with Gasteiger partial charge in [-0.1, -0.05) is 62.9 Å². The third-order valence-corrected chi connectivity index (χ3v) is 5.12. The molecule has 0 aliphatic carbocycles. The fourth-order valence-electron chi connectivity index (χ4n) is 2.56. The maximum Gasteiger partial charge on any atom is 0.255 e. The Morgan fingerprint density at radius 2 is 1.35 bits per heavy atom. The SMILES string of the molecule is CC(C)(C)c1ccc(C(=O)Nc2ccc(Sc3ccccc3)cc2)cc1. The van der Waals surface area contributed by atoms with Crippen molar-refractivity contribution in [3.05, 3.63) is 90.0 Å². The van der Waals surface area contributed by atoms with E-state index in [1.807, 2.05) is 66.7 Å². The van der Waals surface area contributed by atoms with Gasteiger partial charge in [-0.25, -0.2) is 0 Å². The molecule has 0 radical (unpaired) electrons. The quantitative estimate of drug-likeness (QED) is 0.583. The highest BCUT2D eigenvalue weighted by Crippen LogP contribution is 2.28. The van der Waals surface area contributed by atoms with Crippen LogP contribution in [0.1, 0.15) is 36.7 Å². The highest BCUT2D eigenvalue weighted by atomic mass is 32.2. The topological polar surface area (TPSA) is 29.1 Å². The van der Waals surface area contributed by atoms with E-state index < -0.39 is 0 Å². The van der Waals surface area contributed by atoms with Gasteiger partial charge in [0.1, 0.15) is 0 Å². The van der Waals surface area contributed by atoms with Crippen LogP contribution in [0, 0.1) is 0 Å². The molecule has 0 aliphatic rings. The van der Waals surface area contributed by atoms with Gasteiger partial charge in [0.2, 0.25) is 0 Å². The first-order chi connectivity index (χ1) is 12.4. The van der Waals surface area contributed by atoms with E-state index in [4.69, 9.17) is 0 Å². The van der Waals surface area contributed by atoms with E-state index in [0.717, 1.165) is 10.6 Å². The van der Waals surface area contributed by atoms with Crippen molar-refractivity contribution in [2.24, 2.45) is 0 Å². The molecule has 3 heteroatoms. The summed E-state index contributed by atoms with van der Waals surface area (Å²) in [5.74, 6) is -0.0890. The van der Waals surface area contributed by atoms with Crippen LogP contribution in [-0.4, -0.2) is 5.91 Å². The van der Waals surface area contributed by atoms with Crippen LogP contribution in [0.4, 0.5) is 5.69 Å². The van der Waals surface area contributed by atoms with Crippen molar-refractivity contribution in [3.8, 4) is 0 Å². The minimum absolute atomic E-state index is 0.0846. The van der Waals surface area contributed by atoms with E-state index in [2.05, 4.69) is 38.2 Å². The smallest absolute Gasteiger partial charge is 0.255 e. The van der Waals surface area contributed by atoms with Crippen molar-refractivity contribution in [1.29, 1.82) is 0 Å². The Bertz CT molecular complexity index is 863. The molecule has 2 nitrogen and oxygen atoms in total. The van der Waals surface area contributed by atoms with Crippen molar-refractivity contribution in [3.63, 3.8) is 0 Å². The van der Waals surface area contributed by atoms with Gasteiger partial charge in [0.05, 0.1) is 0 Å². The number of carbonyl (C=O) groups excluding carboxylic acids is 1. The molecule has 132 valence electrons. The lowest BCUT2D eigenvalue weighted by molar-refractivity contribution is 0.102. The molecule has 1 N–H and O–H groups in total. The van der Waals surface area contributed by atoms with Gasteiger partial charge in [0.15, 0.2) is 0 Å². The zero-order chi connectivity index (χ0) is 18.6. The van der Waals surface area contributed by atoms with E-state index in [0.29, 0.717) is 5.56 Å². The molecule has 3 aromatic rings. The first-order valence-electron chi connectivity index (χ1n) is 8.67. The zero-order valence-electron chi connectivity index (χ0n) is 15.3. The van der Waals surface area contributed by atoms with Crippen molar-refractivity contribution < 1.29 is 4.79 Å². The fraction of sp³-hybridized carbons (Fsp3) is 0.174. The molecule has 0 saturated heterocycles. The number of carbonyl (C=O) groups is 1. The summed E-state index contributed by atoms with van der Waals surface area (Å²) >= 11 is 1.70. The van der Waals surface area contributed by atoms with Crippen LogP contribution in [0.15, 0.2) is 88.7 Å². The molecule has 0 fully saturated rings. The third-order valence-electron chi connectivity index (χ3n) is 4.10. The van der Waals surface area contributed by atoms with Gasteiger partial charge < -0.3 is 5.32 Å². The molecule has 0 atom stereocenters. The van der Waals surface area contributed by atoms with Gasteiger partial charge in [0.25, 0.3) is 5.91 Å². The standard InChI is InChI=1S/C23H23NOS/c1-23(2,3)18-11-9-17(10-12-18)22(25)24-19-13-15-21(16-14-19)26-20-7-5-4-6-8-20/h4-16H,1-3H3,(H,24,25). The number of anilines is 1. The Kier molecular flexibility index (Phi) is 5.48. The van der Waals surface area contributed by atoms with Crippen molar-refractivity contribution in [1.82, 2.24) is 0 Å². The average molecular weight is 362 g/mol. The maximum atomic E-state index is 12.4. The molecule has 0 heterocycles. The van der Waals surface area contributed by atoms with E-state index in [9.17, 15) is 4.79 Å². The van der Waals surface area contributed by atoms with Gasteiger partial charge in [-0.2, -0.15) is 0 Å². The molecular formula is C23H23NOS. The molecule has 0 spiro atoms. The Morgan fingerprint density at radius 1 is 0.769 bits per heavy atom. The molecule has 3 aromatic carbocycles. The number of rotatable bonds is 4. The van der Waals surface area contributed by atoms with Crippen LogP contribution < -0.4 is 5.32 Å². The van der Waals surface area contributed by atoms with Crippen LogP contribution in [0.2, 0.25) is 0 Å². The number of benzene rings is 3. The summed E-state index contributed by atoms with van der Waals surface area (Å²) in [6, 6.07) is 26.0. The third kappa shape index (κ3) is 4.77. The summed E-state index contributed by atoms with van der Waals surface area (Å²) < 4.78 is 0. The second kappa shape index (κ2) is 7.79. The van der Waals surface area contributed by atoms with Crippen LogP contribution in [0.25, 0.3) is 0 Å². The average Bonchev–Trinajstić information content (AvgIpc) is 2.63. The minimum Gasteiger partial charge on any atom is -0.322 e. The zero-order valence-corrected chi connectivity index (χ0v) is 16.1. The summed E-state index contributed by atoms with van der Waals surface area (Å²) in [7, 11) is 0. The highest BCUT2D eigenvalue weighted by Gasteiger charge is 2.14. The van der Waals surface area contributed by atoms with Crippen molar-refractivity contribution in [2.75, 3.05) is 5.32 Å². The van der Waals surface area contributed by atoms with Crippen LogP contribution >= 0.6 is 11.8 Å². The second-order valence-corrected chi connectivity index (χ2v) is 8.37. The van der Waals surface area contributed by atoms with Gasteiger partial charge in [0, 0.05) is 21.0 Å². The van der Waals surface area contributed by atoms with E-state index in [1.165, 1.54) is 10.5 Å². The van der Waals surface area contributed by atoms with E-state index in [1.54, 1.807) is 11.8 Å². The molecular weight excluding hydrogens is 338 g/mol. The Morgan fingerprint density at radius 3 is 1.92 bits per heavy atom. The van der Waals surface area contributed by atoms with Crippen LogP contribution in [0.3, 0.4) is 0 Å². The molecule has 0 unspecified atom stereocenters. The summed E-state index contributed by atoms with van der Waals surface area (Å²) in [4.78, 5) is 14.8. The summed E-state index contributed by atoms with van der Waals surface area (Å²) in [6.45, 7) is 6.49. The summed E-state index contributed by atoms with van der Waals surface area (Å²) in [5, 5.41) is 2.96. The first kappa shape index (κ1) is 18.3. The number of amides is 1. The number of nitrogens with one attached hydrogen (secondary N) is 1. The maximum absolute atomic E-state index is 12.4. The monoisotopic (exact) mass is 361 g/mol. The molecule has 0 aliphatic heterocycles. The molecule has 0 aromatic heterocycles. The van der Waals surface area contributed by atoms with Crippen molar-refractivity contribution in [2.45, 2.75) is 36.0 Å². The van der Waals surface area contributed by atoms with Crippen LogP contribution in [0.5, 0.6) is 0 Å². The lowest BCUT2D eigenvalue weighted by Gasteiger charge is -2.19. The van der Waals surface area contributed by atoms with Gasteiger partial charge in [-0.3, -0.25) is 4.79 Å².